The van der Waals surface area contributed by atoms with Gasteiger partial charge in [0.15, 0.2) is 6.61 Å². The molecule has 28 heavy (non-hydrogen) atoms. The van der Waals surface area contributed by atoms with Gasteiger partial charge in [-0.2, -0.15) is 0 Å². The number of hydrogen-bond donors (Lipinski definition) is 2. The van der Waals surface area contributed by atoms with Crippen molar-refractivity contribution in [3.63, 3.8) is 0 Å². The molecule has 2 aromatic rings. The van der Waals surface area contributed by atoms with Crippen LogP contribution in [0, 0.1) is 0 Å². The van der Waals surface area contributed by atoms with Gasteiger partial charge < -0.3 is 15.4 Å². The smallest absolute Gasteiger partial charge is 0.355 e. The first kappa shape index (κ1) is 21.2. The molecule has 2 rings (SSSR count). The molecule has 0 spiro atoms. The molecule has 0 radical (unpaired) electrons. The lowest BCUT2D eigenvalue weighted by Crippen LogP contribution is -2.33. The van der Waals surface area contributed by atoms with E-state index in [1.807, 2.05) is 6.07 Å². The maximum atomic E-state index is 12.3. The molecule has 1 atom stereocenters. The first-order chi connectivity index (χ1) is 13.3. The molecule has 0 fully saturated rings. The third-order valence-corrected chi connectivity index (χ3v) is 3.98. The number of carbonyl (C=O) groups is 3. The highest BCUT2D eigenvalue weighted by molar-refractivity contribution is 6.30. The van der Waals surface area contributed by atoms with Crippen LogP contribution in [0.2, 0.25) is 5.02 Å². The zero-order chi connectivity index (χ0) is 20.5. The Bertz CT molecular complexity index is 864. The summed E-state index contributed by atoms with van der Waals surface area (Å²) in [6.45, 7) is 2.62. The number of hydrogen-bond acceptors (Lipinski definition) is 4. The molecule has 6 nitrogen and oxygen atoms in total. The minimum atomic E-state index is -0.798. The minimum absolute atomic E-state index is 0.0442. The summed E-state index contributed by atoms with van der Waals surface area (Å²) in [6.07, 6.45) is 1.48. The van der Waals surface area contributed by atoms with E-state index in [-0.39, 0.29) is 11.7 Å². The Morgan fingerprint density at radius 2 is 1.71 bits per heavy atom. The Balaban J connectivity index is 1.95. The summed E-state index contributed by atoms with van der Waals surface area (Å²) >= 11 is 5.85. The molecule has 0 aliphatic carbocycles. The third kappa shape index (κ3) is 6.89. The van der Waals surface area contributed by atoms with Gasteiger partial charge in [0.25, 0.3) is 5.91 Å². The topological polar surface area (TPSA) is 84.5 Å². The SMILES string of the molecule is CC(=O)N/C(=C\c1ccccc1)C(=O)OCC(=O)N[C@H](C)c1ccc(Cl)cc1. The van der Waals surface area contributed by atoms with E-state index in [9.17, 15) is 14.4 Å². The minimum Gasteiger partial charge on any atom is -0.451 e. The lowest BCUT2D eigenvalue weighted by Gasteiger charge is -2.15. The summed E-state index contributed by atoms with van der Waals surface area (Å²) in [6, 6.07) is 15.8. The normalized spacial score (nSPS) is 12.0. The molecule has 0 aliphatic rings. The molecule has 2 amide bonds. The maximum Gasteiger partial charge on any atom is 0.355 e. The Labute approximate surface area is 168 Å². The Morgan fingerprint density at radius 3 is 2.32 bits per heavy atom. The first-order valence-corrected chi connectivity index (χ1v) is 8.99. The van der Waals surface area contributed by atoms with Gasteiger partial charge in [0.05, 0.1) is 6.04 Å². The van der Waals surface area contributed by atoms with Gasteiger partial charge in [-0.3, -0.25) is 9.59 Å². The summed E-state index contributed by atoms with van der Waals surface area (Å²) in [5, 5.41) is 5.77. The number of ether oxygens (including phenoxy) is 1. The second-order valence-electron chi connectivity index (χ2n) is 6.07. The fraction of sp³-hybridized carbons (Fsp3) is 0.190. The van der Waals surface area contributed by atoms with E-state index in [0.29, 0.717) is 10.6 Å². The molecule has 0 heterocycles. The lowest BCUT2D eigenvalue weighted by atomic mass is 10.1. The molecule has 146 valence electrons. The van der Waals surface area contributed by atoms with Crippen molar-refractivity contribution in [1.29, 1.82) is 0 Å². The number of carbonyl (C=O) groups excluding carboxylic acids is 3. The van der Waals surface area contributed by atoms with Crippen LogP contribution in [0.25, 0.3) is 6.08 Å². The summed E-state index contributed by atoms with van der Waals surface area (Å²) in [5.74, 6) is -1.68. The van der Waals surface area contributed by atoms with Gasteiger partial charge in [0.2, 0.25) is 5.91 Å². The molecule has 0 saturated carbocycles. The van der Waals surface area contributed by atoms with Crippen molar-refractivity contribution >= 4 is 35.5 Å². The van der Waals surface area contributed by atoms with Crippen LogP contribution in [0.1, 0.15) is 31.0 Å². The van der Waals surface area contributed by atoms with E-state index >= 15 is 0 Å². The van der Waals surface area contributed by atoms with E-state index in [1.54, 1.807) is 55.5 Å². The van der Waals surface area contributed by atoms with E-state index in [1.165, 1.54) is 13.0 Å². The van der Waals surface area contributed by atoms with Crippen LogP contribution in [0.4, 0.5) is 0 Å². The number of halogens is 1. The van der Waals surface area contributed by atoms with Crippen LogP contribution >= 0.6 is 11.6 Å². The molecule has 7 heteroatoms. The molecule has 0 unspecified atom stereocenters. The van der Waals surface area contributed by atoms with Crippen molar-refractivity contribution < 1.29 is 19.1 Å². The van der Waals surface area contributed by atoms with Crippen molar-refractivity contribution in [2.75, 3.05) is 6.61 Å². The molecular weight excluding hydrogens is 380 g/mol. The third-order valence-electron chi connectivity index (χ3n) is 3.72. The van der Waals surface area contributed by atoms with Crippen LogP contribution in [0.3, 0.4) is 0 Å². The van der Waals surface area contributed by atoms with Crippen LogP contribution in [-0.2, 0) is 19.1 Å². The first-order valence-electron chi connectivity index (χ1n) is 8.61. The molecule has 0 aromatic heterocycles. The van der Waals surface area contributed by atoms with Crippen molar-refractivity contribution in [2.45, 2.75) is 19.9 Å². The van der Waals surface area contributed by atoms with Gasteiger partial charge >= 0.3 is 5.97 Å². The van der Waals surface area contributed by atoms with Gasteiger partial charge in [-0.1, -0.05) is 54.1 Å². The molecule has 2 aromatic carbocycles. The highest BCUT2D eigenvalue weighted by Gasteiger charge is 2.16. The standard InChI is InChI=1S/C21H21ClN2O4/c1-14(17-8-10-18(22)11-9-17)23-20(26)13-28-21(27)19(24-15(2)25)12-16-6-4-3-5-7-16/h3-12,14H,13H2,1-2H3,(H,23,26)(H,24,25)/b19-12-/t14-/m1/s1. The second kappa shape index (κ2) is 10.3. The van der Waals surface area contributed by atoms with Gasteiger partial charge in [0.1, 0.15) is 5.70 Å². The fourth-order valence-electron chi connectivity index (χ4n) is 2.38. The lowest BCUT2D eigenvalue weighted by molar-refractivity contribution is -0.145. The number of nitrogens with one attached hydrogen (secondary N) is 2. The number of rotatable bonds is 7. The monoisotopic (exact) mass is 400 g/mol. The van der Waals surface area contributed by atoms with Crippen LogP contribution in [0.15, 0.2) is 60.3 Å². The Kier molecular flexibility index (Phi) is 7.77. The van der Waals surface area contributed by atoms with Crippen LogP contribution in [-0.4, -0.2) is 24.4 Å². The predicted octanol–water partition coefficient (Wildman–Crippen LogP) is 3.24. The van der Waals surface area contributed by atoms with Gasteiger partial charge in [-0.25, -0.2) is 4.79 Å². The largest absolute Gasteiger partial charge is 0.451 e. The summed E-state index contributed by atoms with van der Waals surface area (Å²) in [5.41, 5.74) is 1.54. The molecular formula is C21H21ClN2O4. The number of amides is 2. The fourth-order valence-corrected chi connectivity index (χ4v) is 2.50. The van der Waals surface area contributed by atoms with Crippen molar-refractivity contribution in [1.82, 2.24) is 10.6 Å². The highest BCUT2D eigenvalue weighted by Crippen LogP contribution is 2.16. The predicted molar refractivity (Wildman–Crippen MR) is 107 cm³/mol. The van der Waals surface area contributed by atoms with Crippen molar-refractivity contribution in [3.05, 3.63) is 76.4 Å². The average molecular weight is 401 g/mol. The van der Waals surface area contributed by atoms with Crippen LogP contribution in [0.5, 0.6) is 0 Å². The molecule has 0 aliphatic heterocycles. The molecule has 0 bridgehead atoms. The summed E-state index contributed by atoms with van der Waals surface area (Å²) < 4.78 is 5.04. The Hall–Kier alpha value is -3.12. The van der Waals surface area contributed by atoms with Gasteiger partial charge in [0, 0.05) is 11.9 Å². The van der Waals surface area contributed by atoms with E-state index in [0.717, 1.165) is 5.56 Å². The second-order valence-corrected chi connectivity index (χ2v) is 6.50. The molecule has 2 N–H and O–H groups in total. The van der Waals surface area contributed by atoms with Crippen LogP contribution < -0.4 is 10.6 Å². The van der Waals surface area contributed by atoms with Crippen molar-refractivity contribution in [3.8, 4) is 0 Å². The quantitative estimate of drug-likeness (QED) is 0.552. The van der Waals surface area contributed by atoms with Crippen molar-refractivity contribution in [2.24, 2.45) is 0 Å². The molecule has 0 saturated heterocycles. The van der Waals surface area contributed by atoms with Gasteiger partial charge in [-0.15, -0.1) is 0 Å². The van der Waals surface area contributed by atoms with Gasteiger partial charge in [-0.05, 0) is 36.3 Å². The summed E-state index contributed by atoms with van der Waals surface area (Å²) in [7, 11) is 0. The number of benzene rings is 2. The summed E-state index contributed by atoms with van der Waals surface area (Å²) in [4.78, 5) is 35.7. The number of esters is 1. The maximum absolute atomic E-state index is 12.3. The highest BCUT2D eigenvalue weighted by atomic mass is 35.5. The van der Waals surface area contributed by atoms with E-state index in [2.05, 4.69) is 10.6 Å². The zero-order valence-electron chi connectivity index (χ0n) is 15.6. The zero-order valence-corrected chi connectivity index (χ0v) is 16.3. The van der Waals surface area contributed by atoms with E-state index in [4.69, 9.17) is 16.3 Å². The Morgan fingerprint density at radius 1 is 1.07 bits per heavy atom. The van der Waals surface area contributed by atoms with E-state index < -0.39 is 24.4 Å². The average Bonchev–Trinajstić information content (AvgIpc) is 2.66.